The molecule has 1 aromatic carbocycles. The first-order valence-electron chi connectivity index (χ1n) is 4.95. The van der Waals surface area contributed by atoms with Crippen molar-refractivity contribution >= 4 is 38.0 Å². The van der Waals surface area contributed by atoms with E-state index >= 15 is 0 Å². The third-order valence-corrected chi connectivity index (χ3v) is 4.20. The van der Waals surface area contributed by atoms with E-state index in [4.69, 9.17) is 9.47 Å². The Morgan fingerprint density at radius 3 is 2.47 bits per heavy atom. The van der Waals surface area contributed by atoms with Gasteiger partial charge in [0.1, 0.15) is 11.5 Å². The van der Waals surface area contributed by atoms with Crippen LogP contribution < -0.4 is 14.8 Å². The minimum absolute atomic E-state index is 0.186. The number of ether oxygens (including phenoxy) is 2. The Hall–Kier alpha value is -0.750. The van der Waals surface area contributed by atoms with E-state index in [-0.39, 0.29) is 4.83 Å². The van der Waals surface area contributed by atoms with Crippen LogP contribution in [0.5, 0.6) is 11.5 Å². The lowest BCUT2D eigenvalue weighted by Gasteiger charge is -2.09. The summed E-state index contributed by atoms with van der Waals surface area (Å²) in [5.74, 6) is 1.20. The van der Waals surface area contributed by atoms with Gasteiger partial charge in [0.15, 0.2) is 0 Å². The average Bonchev–Trinajstić information content (AvgIpc) is 2.36. The van der Waals surface area contributed by atoms with E-state index in [1.165, 1.54) is 0 Å². The summed E-state index contributed by atoms with van der Waals surface area (Å²) in [7, 11) is 1.58. The molecule has 0 unspecified atom stereocenters. The maximum atomic E-state index is 11.4. The van der Waals surface area contributed by atoms with E-state index in [0.717, 1.165) is 11.1 Å². The van der Waals surface area contributed by atoms with Crippen molar-refractivity contribution in [3.63, 3.8) is 0 Å². The number of carbonyl (C=O) groups is 1. The number of halogens is 2. The molecule has 6 heteroatoms. The van der Waals surface area contributed by atoms with Crippen molar-refractivity contribution in [1.82, 2.24) is 5.32 Å². The van der Waals surface area contributed by atoms with Crippen LogP contribution in [0.1, 0.15) is 0 Å². The van der Waals surface area contributed by atoms with Gasteiger partial charge in [0.2, 0.25) is 0 Å². The molecule has 0 aliphatic rings. The fourth-order valence-electron chi connectivity index (χ4n) is 1.04. The number of methoxy groups -OCH3 is 1. The van der Waals surface area contributed by atoms with Crippen LogP contribution in [0.15, 0.2) is 24.3 Å². The van der Waals surface area contributed by atoms with Gasteiger partial charge in [-0.05, 0) is 24.3 Å². The summed E-state index contributed by atoms with van der Waals surface area (Å²) in [6, 6.07) is 6.81. The zero-order chi connectivity index (χ0) is 12.7. The highest BCUT2D eigenvalue weighted by molar-refractivity contribution is 9.12. The highest BCUT2D eigenvalue weighted by atomic mass is 79.9. The first-order valence-corrected chi connectivity index (χ1v) is 6.99. The van der Waals surface area contributed by atoms with Gasteiger partial charge in [0.05, 0.1) is 7.11 Å². The Bertz CT molecular complexity index is 356. The number of carbonyl (C=O) groups excluding carboxylic acids is 1. The maximum Gasteiger partial charge on any atom is 0.412 e. The molecule has 1 amide bonds. The lowest BCUT2D eigenvalue weighted by Crippen LogP contribution is -2.32. The molecule has 0 aliphatic heterocycles. The second-order valence-corrected chi connectivity index (χ2v) is 5.14. The zero-order valence-corrected chi connectivity index (χ0v) is 12.5. The molecule has 0 spiro atoms. The summed E-state index contributed by atoms with van der Waals surface area (Å²) in [6.07, 6.45) is -0.472. The molecule has 17 heavy (non-hydrogen) atoms. The number of hydrogen-bond donors (Lipinski definition) is 1. The Morgan fingerprint density at radius 2 is 1.94 bits per heavy atom. The van der Waals surface area contributed by atoms with Gasteiger partial charge in [-0.1, -0.05) is 31.9 Å². The van der Waals surface area contributed by atoms with Crippen LogP contribution in [-0.2, 0) is 0 Å². The summed E-state index contributed by atoms with van der Waals surface area (Å²) in [4.78, 5) is 11.6. The predicted molar refractivity (Wildman–Crippen MR) is 73.5 cm³/mol. The first kappa shape index (κ1) is 14.3. The summed E-state index contributed by atoms with van der Waals surface area (Å²) >= 11 is 6.67. The van der Waals surface area contributed by atoms with Crippen LogP contribution in [0.25, 0.3) is 0 Å². The quantitative estimate of drug-likeness (QED) is 0.815. The monoisotopic (exact) mass is 365 g/mol. The fourth-order valence-corrected chi connectivity index (χ4v) is 1.43. The third-order valence-electron chi connectivity index (χ3n) is 1.91. The van der Waals surface area contributed by atoms with Crippen molar-refractivity contribution in [2.45, 2.75) is 4.83 Å². The highest BCUT2D eigenvalue weighted by Gasteiger charge is 2.07. The van der Waals surface area contributed by atoms with Crippen molar-refractivity contribution in [3.05, 3.63) is 24.3 Å². The van der Waals surface area contributed by atoms with Gasteiger partial charge in [-0.2, -0.15) is 0 Å². The van der Waals surface area contributed by atoms with Gasteiger partial charge in [0, 0.05) is 16.7 Å². The molecule has 1 atom stereocenters. The molecule has 0 saturated carbocycles. The minimum Gasteiger partial charge on any atom is -0.497 e. The molecular formula is C11H13Br2NO3. The largest absolute Gasteiger partial charge is 0.497 e. The second-order valence-electron chi connectivity index (χ2n) is 3.20. The van der Waals surface area contributed by atoms with Gasteiger partial charge < -0.3 is 14.8 Å². The Balaban J connectivity index is 2.39. The smallest absolute Gasteiger partial charge is 0.412 e. The van der Waals surface area contributed by atoms with Crippen LogP contribution in [0.3, 0.4) is 0 Å². The normalized spacial score (nSPS) is 11.7. The molecule has 0 radical (unpaired) electrons. The van der Waals surface area contributed by atoms with Crippen LogP contribution >= 0.6 is 31.9 Å². The lowest BCUT2D eigenvalue weighted by atomic mass is 10.3. The molecule has 0 heterocycles. The fraction of sp³-hybridized carbons (Fsp3) is 0.364. The van der Waals surface area contributed by atoms with Gasteiger partial charge in [0.25, 0.3) is 0 Å². The van der Waals surface area contributed by atoms with Crippen LogP contribution in [0.2, 0.25) is 0 Å². The maximum absolute atomic E-state index is 11.4. The number of alkyl halides is 2. The average molecular weight is 367 g/mol. The van der Waals surface area contributed by atoms with Gasteiger partial charge in [-0.3, -0.25) is 0 Å². The topological polar surface area (TPSA) is 47.6 Å². The number of benzene rings is 1. The zero-order valence-electron chi connectivity index (χ0n) is 9.28. The van der Waals surface area contributed by atoms with Crippen molar-refractivity contribution < 1.29 is 14.3 Å². The van der Waals surface area contributed by atoms with Gasteiger partial charge in [-0.25, -0.2) is 4.79 Å². The number of hydrogen-bond acceptors (Lipinski definition) is 3. The standard InChI is InChI=1S/C11H13Br2NO3/c1-16-9-2-4-10(5-3-9)17-11(15)14-7-8(13)6-12/h2-5,8H,6-7H2,1H3,(H,14,15)/t8-/m1/s1. The number of nitrogens with one attached hydrogen (secondary N) is 1. The third kappa shape index (κ3) is 5.41. The van der Waals surface area contributed by atoms with E-state index in [1.807, 2.05) is 0 Å². The van der Waals surface area contributed by atoms with E-state index in [9.17, 15) is 4.79 Å². The second kappa shape index (κ2) is 7.55. The number of rotatable bonds is 5. The summed E-state index contributed by atoms with van der Waals surface area (Å²) < 4.78 is 10.1. The summed E-state index contributed by atoms with van der Waals surface area (Å²) in [5.41, 5.74) is 0. The molecule has 1 aromatic rings. The first-order chi connectivity index (χ1) is 8.15. The van der Waals surface area contributed by atoms with Gasteiger partial charge in [-0.15, -0.1) is 0 Å². The summed E-state index contributed by atoms with van der Waals surface area (Å²) in [5, 5.41) is 3.40. The van der Waals surface area contributed by atoms with E-state index in [0.29, 0.717) is 12.3 Å². The van der Waals surface area contributed by atoms with Crippen molar-refractivity contribution in [2.24, 2.45) is 0 Å². The van der Waals surface area contributed by atoms with E-state index in [1.54, 1.807) is 31.4 Å². The molecule has 0 saturated heterocycles. The van der Waals surface area contributed by atoms with Crippen molar-refractivity contribution in [1.29, 1.82) is 0 Å². The lowest BCUT2D eigenvalue weighted by molar-refractivity contribution is 0.200. The predicted octanol–water partition coefficient (Wildman–Crippen LogP) is 2.94. The minimum atomic E-state index is -0.472. The highest BCUT2D eigenvalue weighted by Crippen LogP contribution is 2.16. The molecule has 1 rings (SSSR count). The van der Waals surface area contributed by atoms with Crippen molar-refractivity contribution in [2.75, 3.05) is 19.0 Å². The van der Waals surface area contributed by atoms with E-state index in [2.05, 4.69) is 37.2 Å². The molecule has 0 fully saturated rings. The Morgan fingerprint density at radius 1 is 1.35 bits per heavy atom. The molecule has 1 N–H and O–H groups in total. The van der Waals surface area contributed by atoms with Crippen LogP contribution in [0.4, 0.5) is 4.79 Å². The molecule has 0 aromatic heterocycles. The van der Waals surface area contributed by atoms with E-state index < -0.39 is 6.09 Å². The molecular weight excluding hydrogens is 354 g/mol. The molecule has 0 aliphatic carbocycles. The molecule has 0 bridgehead atoms. The van der Waals surface area contributed by atoms with Crippen LogP contribution in [-0.4, -0.2) is 29.9 Å². The number of amides is 1. The van der Waals surface area contributed by atoms with Gasteiger partial charge >= 0.3 is 6.09 Å². The van der Waals surface area contributed by atoms with Crippen molar-refractivity contribution in [3.8, 4) is 11.5 Å². The Labute approximate surface area is 117 Å². The summed E-state index contributed by atoms with van der Waals surface area (Å²) in [6.45, 7) is 0.500. The van der Waals surface area contributed by atoms with Crippen LogP contribution in [0, 0.1) is 0 Å². The Kier molecular flexibility index (Phi) is 6.36. The SMILES string of the molecule is COc1ccc(OC(=O)NC[C@H](Br)CBr)cc1. The molecule has 94 valence electrons. The molecule has 4 nitrogen and oxygen atoms in total.